The Bertz CT molecular complexity index is 1500. The Morgan fingerprint density at radius 1 is 0.661 bits per heavy atom. The van der Waals surface area contributed by atoms with E-state index in [9.17, 15) is 43.5 Å². The van der Waals surface area contributed by atoms with Gasteiger partial charge in [0.25, 0.3) is 0 Å². The fourth-order valence-electron chi connectivity index (χ4n) is 7.16. The summed E-state index contributed by atoms with van der Waals surface area (Å²) in [7, 11) is 2.50. The number of carbonyl (C=O) groups is 8. The zero-order chi connectivity index (χ0) is 47.6. The SMILES string of the molecule is COC(=O)[C@@H]1CC(NC(=O)[C@@H](NC(=O)[C@@H](NC(=O)C[C@H](O)[C@H](CC(C)C)NC(=O)[C@H](CCSC)NC(=O)[C@@H](NC(=O)OC(C)(C)C)C(C)C)C(C)C)C(C)C)C[C@H](C(=O)OC)C1. The minimum atomic E-state index is -1.39. The van der Waals surface area contributed by atoms with E-state index in [-0.39, 0.29) is 43.9 Å². The summed E-state index contributed by atoms with van der Waals surface area (Å²) in [6, 6.07) is -5.70. The van der Waals surface area contributed by atoms with Crippen LogP contribution in [-0.4, -0.2) is 127 Å². The minimum absolute atomic E-state index is 0.0276. The van der Waals surface area contributed by atoms with Crippen LogP contribution in [0.3, 0.4) is 0 Å². The highest BCUT2D eigenvalue weighted by Crippen LogP contribution is 2.31. The molecule has 0 spiro atoms. The van der Waals surface area contributed by atoms with Crippen LogP contribution < -0.4 is 31.9 Å². The number of thioether (sulfide) groups is 1. The highest BCUT2D eigenvalue weighted by atomic mass is 32.2. The van der Waals surface area contributed by atoms with E-state index in [4.69, 9.17) is 14.2 Å². The number of hydrogen-bond donors (Lipinski definition) is 7. The molecule has 1 saturated carbocycles. The van der Waals surface area contributed by atoms with Crippen LogP contribution in [0.15, 0.2) is 0 Å². The standard InChI is InChI=1S/C43H76N6O12S/c1-22(2)17-30(46-36(52)29(15-16-62-14)45-38(54)35(25(7)8)49-42(58)61-43(9,10)11)31(50)21-32(51)47-33(23(3)4)39(55)48-34(24(5)6)37(53)44-28-19-26(40(56)59-12)18-27(20-28)41(57)60-13/h22-31,33-35,50H,15-21H2,1-14H3,(H,44,53)(H,45,54)(H,46,52)(H,47,51)(H,48,55)(H,49,58)/t26-,27+,28?,29-,30-,31-,33-,34-,35-/m0/s1. The monoisotopic (exact) mass is 901 g/mol. The lowest BCUT2D eigenvalue weighted by atomic mass is 9.78. The highest BCUT2D eigenvalue weighted by molar-refractivity contribution is 7.98. The van der Waals surface area contributed by atoms with Gasteiger partial charge in [-0.15, -0.1) is 0 Å². The molecule has 0 bridgehead atoms. The van der Waals surface area contributed by atoms with Crippen LogP contribution in [0.5, 0.6) is 0 Å². The molecule has 62 heavy (non-hydrogen) atoms. The molecule has 19 heteroatoms. The summed E-state index contributed by atoms with van der Waals surface area (Å²) in [4.78, 5) is 106. The Labute approximate surface area is 372 Å². The molecular weight excluding hydrogens is 825 g/mol. The molecular formula is C43H76N6O12S. The largest absolute Gasteiger partial charge is 0.469 e. The Kier molecular flexibility index (Phi) is 23.9. The summed E-state index contributed by atoms with van der Waals surface area (Å²) in [5.41, 5.74) is -0.793. The van der Waals surface area contributed by atoms with Crippen LogP contribution in [0.25, 0.3) is 0 Å². The molecule has 0 aliphatic heterocycles. The molecule has 0 heterocycles. The van der Waals surface area contributed by atoms with Gasteiger partial charge in [0, 0.05) is 6.04 Å². The van der Waals surface area contributed by atoms with Crippen molar-refractivity contribution in [3.63, 3.8) is 0 Å². The number of carbonyl (C=O) groups excluding carboxylic acids is 8. The van der Waals surface area contributed by atoms with Gasteiger partial charge < -0.3 is 51.2 Å². The third kappa shape index (κ3) is 19.5. The predicted molar refractivity (Wildman–Crippen MR) is 235 cm³/mol. The van der Waals surface area contributed by atoms with E-state index in [1.165, 1.54) is 26.0 Å². The molecule has 6 amide bonds. The van der Waals surface area contributed by atoms with Gasteiger partial charge in [-0.3, -0.25) is 33.6 Å². The lowest BCUT2D eigenvalue weighted by Gasteiger charge is -2.34. The zero-order valence-corrected chi connectivity index (χ0v) is 40.1. The number of aliphatic hydroxyl groups is 1. The van der Waals surface area contributed by atoms with E-state index in [0.29, 0.717) is 5.75 Å². The average Bonchev–Trinajstić information content (AvgIpc) is 3.16. The summed E-state index contributed by atoms with van der Waals surface area (Å²) in [5, 5.41) is 27.9. The summed E-state index contributed by atoms with van der Waals surface area (Å²) >= 11 is 1.47. The third-order valence-electron chi connectivity index (χ3n) is 10.4. The van der Waals surface area contributed by atoms with E-state index in [2.05, 4.69) is 31.9 Å². The second kappa shape index (κ2) is 26.5. The number of nitrogens with one attached hydrogen (secondary N) is 6. The molecule has 1 fully saturated rings. The van der Waals surface area contributed by atoms with Gasteiger partial charge in [0.2, 0.25) is 29.5 Å². The van der Waals surface area contributed by atoms with Gasteiger partial charge in [0.05, 0.1) is 44.6 Å². The number of methoxy groups -OCH3 is 2. The molecule has 1 aliphatic carbocycles. The predicted octanol–water partition coefficient (Wildman–Crippen LogP) is 2.58. The average molecular weight is 901 g/mol. The van der Waals surface area contributed by atoms with E-state index >= 15 is 0 Å². The summed E-state index contributed by atoms with van der Waals surface area (Å²) in [6.07, 6.45) is 0.403. The molecule has 0 saturated heterocycles. The number of esters is 2. The summed E-state index contributed by atoms with van der Waals surface area (Å²) in [6.45, 7) is 19.3. The first-order valence-electron chi connectivity index (χ1n) is 21.6. The topological polar surface area (TPSA) is 257 Å². The van der Waals surface area contributed by atoms with Crippen LogP contribution in [0.1, 0.15) is 115 Å². The lowest BCUT2D eigenvalue weighted by Crippen LogP contribution is -2.59. The van der Waals surface area contributed by atoms with Crippen molar-refractivity contribution in [3.05, 3.63) is 0 Å². The first-order valence-corrected chi connectivity index (χ1v) is 23.0. The Morgan fingerprint density at radius 3 is 1.60 bits per heavy atom. The van der Waals surface area contributed by atoms with Crippen molar-refractivity contribution >= 4 is 59.3 Å². The maximum absolute atomic E-state index is 13.8. The van der Waals surface area contributed by atoms with Gasteiger partial charge in [-0.2, -0.15) is 11.8 Å². The highest BCUT2D eigenvalue weighted by Gasteiger charge is 2.40. The van der Waals surface area contributed by atoms with E-state index < -0.39 is 126 Å². The summed E-state index contributed by atoms with van der Waals surface area (Å²) < 4.78 is 15.1. The third-order valence-corrected chi connectivity index (χ3v) is 11.1. The Morgan fingerprint density at radius 2 is 1.15 bits per heavy atom. The van der Waals surface area contributed by atoms with E-state index in [1.807, 2.05) is 20.1 Å². The first-order chi connectivity index (χ1) is 28.7. The maximum Gasteiger partial charge on any atom is 0.408 e. The number of hydrogen-bond acceptors (Lipinski definition) is 13. The van der Waals surface area contributed by atoms with Crippen LogP contribution in [0.2, 0.25) is 0 Å². The molecule has 1 unspecified atom stereocenters. The van der Waals surface area contributed by atoms with Crippen molar-refractivity contribution in [3.8, 4) is 0 Å². The van der Waals surface area contributed by atoms with Crippen molar-refractivity contribution in [1.82, 2.24) is 31.9 Å². The van der Waals surface area contributed by atoms with E-state index in [1.54, 1.807) is 62.3 Å². The molecule has 0 aromatic carbocycles. The van der Waals surface area contributed by atoms with Crippen molar-refractivity contribution < 1.29 is 57.7 Å². The van der Waals surface area contributed by atoms with Crippen LogP contribution >= 0.6 is 11.8 Å². The van der Waals surface area contributed by atoms with Crippen molar-refractivity contribution in [2.24, 2.45) is 35.5 Å². The number of ether oxygens (including phenoxy) is 3. The fraction of sp³-hybridized carbons (Fsp3) is 0.814. The molecule has 1 rings (SSSR count). The van der Waals surface area contributed by atoms with E-state index in [0.717, 1.165) is 0 Å². The maximum atomic E-state index is 13.8. The minimum Gasteiger partial charge on any atom is -0.469 e. The van der Waals surface area contributed by atoms with Crippen LogP contribution in [-0.2, 0) is 47.8 Å². The van der Waals surface area contributed by atoms with Crippen LogP contribution in [0, 0.1) is 35.5 Å². The molecule has 18 nitrogen and oxygen atoms in total. The molecule has 0 aromatic heterocycles. The smallest absolute Gasteiger partial charge is 0.408 e. The second-order valence-electron chi connectivity index (χ2n) is 18.6. The molecule has 7 N–H and O–H groups in total. The van der Waals surface area contributed by atoms with Gasteiger partial charge in [-0.05, 0) is 88.6 Å². The number of aliphatic hydroxyl groups excluding tert-OH is 1. The molecule has 1 aliphatic rings. The quantitative estimate of drug-likeness (QED) is 0.0576. The van der Waals surface area contributed by atoms with Crippen molar-refractivity contribution in [2.45, 2.75) is 163 Å². The van der Waals surface area contributed by atoms with Gasteiger partial charge >= 0.3 is 18.0 Å². The lowest BCUT2D eigenvalue weighted by molar-refractivity contribution is -0.153. The normalized spacial score (nSPS) is 19.6. The molecule has 356 valence electrons. The van der Waals surface area contributed by atoms with Gasteiger partial charge in [0.15, 0.2) is 0 Å². The molecule has 0 aromatic rings. The fourth-order valence-corrected chi connectivity index (χ4v) is 7.63. The second-order valence-corrected chi connectivity index (χ2v) is 19.6. The van der Waals surface area contributed by atoms with Gasteiger partial charge in [0.1, 0.15) is 29.8 Å². The summed E-state index contributed by atoms with van der Waals surface area (Å²) in [5.74, 6) is -6.02. The van der Waals surface area contributed by atoms with Crippen molar-refractivity contribution in [1.29, 1.82) is 0 Å². The number of amides is 6. The zero-order valence-electron chi connectivity index (χ0n) is 39.3. The van der Waals surface area contributed by atoms with Crippen LogP contribution in [0.4, 0.5) is 4.79 Å². The first kappa shape index (κ1) is 55.9. The molecule has 0 radical (unpaired) electrons. The number of alkyl carbamates (subject to hydrolysis) is 1. The Balaban J connectivity index is 3.14. The molecule has 9 atom stereocenters. The Hall–Kier alpha value is -4.13. The van der Waals surface area contributed by atoms with Gasteiger partial charge in [-0.25, -0.2) is 4.79 Å². The van der Waals surface area contributed by atoms with Gasteiger partial charge in [-0.1, -0.05) is 55.4 Å². The van der Waals surface area contributed by atoms with Crippen molar-refractivity contribution in [2.75, 3.05) is 26.2 Å². The number of rotatable bonds is 23.